The zero-order chi connectivity index (χ0) is 27.2. The van der Waals surface area contributed by atoms with Crippen LogP contribution in [0.2, 0.25) is 0 Å². The van der Waals surface area contributed by atoms with Gasteiger partial charge in [-0.15, -0.1) is 28.1 Å². The van der Waals surface area contributed by atoms with Crippen LogP contribution < -0.4 is 10.1 Å². The Morgan fingerprint density at radius 2 is 2.11 bits per heavy atom. The third-order valence-electron chi connectivity index (χ3n) is 6.12. The van der Waals surface area contributed by atoms with Gasteiger partial charge in [-0.05, 0) is 68.9 Å². The summed E-state index contributed by atoms with van der Waals surface area (Å²) in [7, 11) is 0. The summed E-state index contributed by atoms with van der Waals surface area (Å²) in [5.74, 6) is 1.42. The lowest BCUT2D eigenvalue weighted by atomic mass is 9.88. The molecule has 1 aromatic carbocycles. The van der Waals surface area contributed by atoms with E-state index in [1.807, 2.05) is 35.8 Å². The Morgan fingerprint density at radius 1 is 1.34 bits per heavy atom. The second-order valence-electron chi connectivity index (χ2n) is 9.07. The van der Waals surface area contributed by atoms with Crippen LogP contribution in [0.5, 0.6) is 5.75 Å². The summed E-state index contributed by atoms with van der Waals surface area (Å²) in [6, 6.07) is 7.58. The molecular formula is C27H31BrN4O4S2. The first-order chi connectivity index (χ1) is 18.3. The molecule has 4 rings (SSSR count). The molecule has 11 heteroatoms. The van der Waals surface area contributed by atoms with Crippen molar-refractivity contribution < 1.29 is 19.1 Å². The maximum absolute atomic E-state index is 13.0. The topological polar surface area (TPSA) is 95.3 Å². The molecule has 1 aliphatic rings. The van der Waals surface area contributed by atoms with Gasteiger partial charge < -0.3 is 14.8 Å². The van der Waals surface area contributed by atoms with Crippen molar-refractivity contribution in [3.63, 3.8) is 0 Å². The number of benzene rings is 1. The first-order valence-corrected chi connectivity index (χ1v) is 15.1. The molecule has 1 amide bonds. The summed E-state index contributed by atoms with van der Waals surface area (Å²) >= 11 is 6.19. The molecule has 0 fully saturated rings. The van der Waals surface area contributed by atoms with Gasteiger partial charge in [0.15, 0.2) is 17.1 Å². The molecule has 2 heterocycles. The SMILES string of the molecule is C=CCn1c(SCC(=O)Nc2sc3c(c2C(=O)OCC)CCC(C)C3)nnc1C(C)Oc1ccc(Br)cc1. The second kappa shape index (κ2) is 12.9. The minimum atomic E-state index is -0.377. The maximum Gasteiger partial charge on any atom is 0.341 e. The van der Waals surface area contributed by atoms with Crippen LogP contribution in [-0.4, -0.2) is 39.0 Å². The maximum atomic E-state index is 13.0. The van der Waals surface area contributed by atoms with Crippen molar-refractivity contribution in [3.8, 4) is 5.75 Å². The number of halogens is 1. The number of carbonyl (C=O) groups excluding carboxylic acids is 2. The van der Waals surface area contributed by atoms with Crippen LogP contribution in [0.1, 0.15) is 59.9 Å². The molecule has 3 aromatic rings. The third-order valence-corrected chi connectivity index (χ3v) is 8.79. The number of thioether (sulfide) groups is 1. The number of esters is 1. The molecule has 0 saturated carbocycles. The summed E-state index contributed by atoms with van der Waals surface area (Å²) in [5, 5.41) is 12.8. The minimum Gasteiger partial charge on any atom is -0.483 e. The Bertz CT molecular complexity index is 1310. The van der Waals surface area contributed by atoms with Gasteiger partial charge in [-0.3, -0.25) is 9.36 Å². The highest BCUT2D eigenvalue weighted by atomic mass is 79.9. The van der Waals surface area contributed by atoms with E-state index in [1.54, 1.807) is 13.0 Å². The molecule has 1 N–H and O–H groups in total. The summed E-state index contributed by atoms with van der Waals surface area (Å²) in [6.45, 7) is 10.5. The number of amides is 1. The van der Waals surface area contributed by atoms with Gasteiger partial charge >= 0.3 is 5.97 Å². The monoisotopic (exact) mass is 618 g/mol. The van der Waals surface area contributed by atoms with Gasteiger partial charge in [-0.1, -0.05) is 40.7 Å². The van der Waals surface area contributed by atoms with Crippen molar-refractivity contribution in [2.45, 2.75) is 57.8 Å². The molecule has 38 heavy (non-hydrogen) atoms. The van der Waals surface area contributed by atoms with E-state index in [-0.39, 0.29) is 30.3 Å². The number of anilines is 1. The molecule has 202 valence electrons. The number of nitrogens with zero attached hydrogens (tertiary/aromatic N) is 3. The second-order valence-corrected chi connectivity index (χ2v) is 12.0. The quantitative estimate of drug-likeness (QED) is 0.150. The van der Waals surface area contributed by atoms with Gasteiger partial charge in [-0.25, -0.2) is 4.79 Å². The first kappa shape index (κ1) is 28.4. The number of rotatable bonds is 11. The van der Waals surface area contributed by atoms with Crippen molar-refractivity contribution in [1.29, 1.82) is 0 Å². The van der Waals surface area contributed by atoms with Crippen molar-refractivity contribution in [1.82, 2.24) is 14.8 Å². The zero-order valence-corrected chi connectivity index (χ0v) is 24.9. The smallest absolute Gasteiger partial charge is 0.341 e. The predicted octanol–water partition coefficient (Wildman–Crippen LogP) is 6.46. The molecule has 1 aliphatic carbocycles. The number of allylic oxidation sites excluding steroid dienone is 1. The van der Waals surface area contributed by atoms with E-state index in [1.165, 1.54) is 23.1 Å². The van der Waals surface area contributed by atoms with Crippen LogP contribution in [0.15, 0.2) is 46.5 Å². The number of fused-ring (bicyclic) bond motifs is 1. The molecule has 2 aromatic heterocycles. The van der Waals surface area contributed by atoms with E-state index in [9.17, 15) is 9.59 Å². The molecule has 0 radical (unpaired) electrons. The predicted molar refractivity (Wildman–Crippen MR) is 154 cm³/mol. The van der Waals surface area contributed by atoms with E-state index >= 15 is 0 Å². The first-order valence-electron chi connectivity index (χ1n) is 12.5. The van der Waals surface area contributed by atoms with Gasteiger partial charge in [0.2, 0.25) is 5.91 Å². The number of aromatic nitrogens is 3. The molecule has 0 bridgehead atoms. The van der Waals surface area contributed by atoms with E-state index in [2.05, 4.69) is 44.9 Å². The highest BCUT2D eigenvalue weighted by Gasteiger charge is 2.29. The van der Waals surface area contributed by atoms with E-state index in [0.717, 1.165) is 34.2 Å². The van der Waals surface area contributed by atoms with Crippen LogP contribution in [-0.2, 0) is 28.9 Å². The van der Waals surface area contributed by atoms with Crippen LogP contribution >= 0.6 is 39.0 Å². The standard InChI is InChI=1S/C27H31BrN4O4S2/c1-5-13-32-24(17(4)36-19-10-8-18(28)9-11-19)30-31-27(32)37-15-22(33)29-25-23(26(34)35-6-2)20-12-7-16(3)14-21(20)38-25/h5,8-11,16-17H,1,6-7,12-15H2,2-4H3,(H,29,33). The van der Waals surface area contributed by atoms with Crippen molar-refractivity contribution in [3.05, 3.63) is 63.2 Å². The van der Waals surface area contributed by atoms with E-state index < -0.39 is 0 Å². The highest BCUT2D eigenvalue weighted by Crippen LogP contribution is 2.40. The van der Waals surface area contributed by atoms with Gasteiger partial charge in [0.25, 0.3) is 0 Å². The van der Waals surface area contributed by atoms with Gasteiger partial charge in [-0.2, -0.15) is 0 Å². The number of carbonyl (C=O) groups is 2. The van der Waals surface area contributed by atoms with Crippen LogP contribution in [0, 0.1) is 5.92 Å². The van der Waals surface area contributed by atoms with Crippen LogP contribution in [0.3, 0.4) is 0 Å². The lowest BCUT2D eigenvalue weighted by molar-refractivity contribution is -0.113. The minimum absolute atomic E-state index is 0.110. The van der Waals surface area contributed by atoms with E-state index in [0.29, 0.717) is 39.8 Å². The Kier molecular flexibility index (Phi) is 9.67. The Balaban J connectivity index is 1.46. The Labute approximate surface area is 239 Å². The van der Waals surface area contributed by atoms with Crippen molar-refractivity contribution >= 4 is 55.9 Å². The number of hydrogen-bond donors (Lipinski definition) is 1. The van der Waals surface area contributed by atoms with Crippen LogP contribution in [0.4, 0.5) is 5.00 Å². The average Bonchev–Trinajstić information content (AvgIpc) is 3.44. The normalized spacial score (nSPS) is 15.4. The summed E-state index contributed by atoms with van der Waals surface area (Å²) in [6.07, 6.45) is 4.14. The summed E-state index contributed by atoms with van der Waals surface area (Å²) in [5.41, 5.74) is 1.53. The number of nitrogens with one attached hydrogen (secondary N) is 1. The van der Waals surface area contributed by atoms with Gasteiger partial charge in [0.1, 0.15) is 10.8 Å². The number of ether oxygens (including phenoxy) is 2. The Hall–Kier alpha value is -2.63. The van der Waals surface area contributed by atoms with Gasteiger partial charge in [0, 0.05) is 15.9 Å². The lowest BCUT2D eigenvalue weighted by Crippen LogP contribution is -2.18. The molecule has 0 saturated heterocycles. The largest absolute Gasteiger partial charge is 0.483 e. The van der Waals surface area contributed by atoms with Crippen molar-refractivity contribution in [2.24, 2.45) is 5.92 Å². The van der Waals surface area contributed by atoms with E-state index in [4.69, 9.17) is 9.47 Å². The fourth-order valence-electron chi connectivity index (χ4n) is 4.33. The number of hydrogen-bond acceptors (Lipinski definition) is 8. The third kappa shape index (κ3) is 6.68. The zero-order valence-electron chi connectivity index (χ0n) is 21.7. The molecule has 8 nitrogen and oxygen atoms in total. The summed E-state index contributed by atoms with van der Waals surface area (Å²) < 4.78 is 14.2. The van der Waals surface area contributed by atoms with Crippen molar-refractivity contribution in [2.75, 3.05) is 17.7 Å². The molecule has 0 spiro atoms. The molecule has 0 aliphatic heterocycles. The fourth-order valence-corrected chi connectivity index (χ4v) is 6.76. The average molecular weight is 620 g/mol. The van der Waals surface area contributed by atoms with Gasteiger partial charge in [0.05, 0.1) is 17.9 Å². The fraction of sp³-hybridized carbons (Fsp3) is 0.407. The molecular weight excluding hydrogens is 588 g/mol. The molecule has 2 atom stereocenters. The summed E-state index contributed by atoms with van der Waals surface area (Å²) in [4.78, 5) is 26.9. The number of thiophene rings is 1. The molecule has 2 unspecified atom stereocenters. The Morgan fingerprint density at radius 3 is 2.82 bits per heavy atom. The lowest BCUT2D eigenvalue weighted by Gasteiger charge is -2.18. The highest BCUT2D eigenvalue weighted by molar-refractivity contribution is 9.10. The van der Waals surface area contributed by atoms with Crippen LogP contribution in [0.25, 0.3) is 0 Å².